The monoisotopic (exact) mass is 318 g/mol. The Balaban J connectivity index is 1.95. The summed E-state index contributed by atoms with van der Waals surface area (Å²) in [6.45, 7) is 3.80. The van der Waals surface area contributed by atoms with Crippen molar-refractivity contribution in [1.29, 1.82) is 5.26 Å². The molecule has 1 aromatic carbocycles. The fourth-order valence-electron chi connectivity index (χ4n) is 2.18. The van der Waals surface area contributed by atoms with E-state index < -0.39 is 0 Å². The number of likely N-dealkylation sites (N-methyl/N-ethyl adjacent to an activating group) is 1. The zero-order chi connectivity index (χ0) is 15.9. The molecule has 0 bridgehead atoms. The van der Waals surface area contributed by atoms with Crippen molar-refractivity contribution in [3.63, 3.8) is 0 Å². The van der Waals surface area contributed by atoms with Crippen LogP contribution in [-0.4, -0.2) is 48.9 Å². The van der Waals surface area contributed by atoms with Crippen LogP contribution in [0.1, 0.15) is 5.56 Å². The van der Waals surface area contributed by atoms with Gasteiger partial charge in [-0.1, -0.05) is 29.8 Å². The second-order valence-electron chi connectivity index (χ2n) is 5.27. The zero-order valence-electron chi connectivity index (χ0n) is 12.6. The summed E-state index contributed by atoms with van der Waals surface area (Å²) in [5.74, 6) is -0.374. The molecule has 1 N–H and O–H groups in total. The third kappa shape index (κ3) is 4.48. The van der Waals surface area contributed by atoms with Gasteiger partial charge in [-0.15, -0.1) is 0 Å². The van der Waals surface area contributed by atoms with E-state index in [-0.39, 0.29) is 11.5 Å². The lowest BCUT2D eigenvalue weighted by Gasteiger charge is -2.31. The van der Waals surface area contributed by atoms with Crippen molar-refractivity contribution in [1.82, 2.24) is 15.1 Å². The molecule has 1 amide bonds. The van der Waals surface area contributed by atoms with Crippen molar-refractivity contribution in [2.75, 3.05) is 33.2 Å². The Bertz CT molecular complexity index is 600. The predicted molar refractivity (Wildman–Crippen MR) is 86.1 cm³/mol. The first-order valence-corrected chi connectivity index (χ1v) is 7.54. The van der Waals surface area contributed by atoms with E-state index in [2.05, 4.69) is 17.3 Å². The van der Waals surface area contributed by atoms with Gasteiger partial charge in [-0.2, -0.15) is 5.26 Å². The number of nitriles is 1. The van der Waals surface area contributed by atoms with E-state index in [9.17, 15) is 10.1 Å². The average Bonchev–Trinajstić information content (AvgIpc) is 2.53. The van der Waals surface area contributed by atoms with E-state index in [0.717, 1.165) is 31.7 Å². The third-order valence-corrected chi connectivity index (χ3v) is 3.98. The minimum Gasteiger partial charge on any atom is -0.374 e. The largest absolute Gasteiger partial charge is 0.374 e. The maximum absolute atomic E-state index is 12.1. The molecule has 116 valence electrons. The maximum atomic E-state index is 12.1. The molecule has 6 heteroatoms. The van der Waals surface area contributed by atoms with Gasteiger partial charge in [0, 0.05) is 43.9 Å². The van der Waals surface area contributed by atoms with Crippen LogP contribution in [0.3, 0.4) is 0 Å². The molecule has 0 aromatic heterocycles. The minimum atomic E-state index is -0.374. The number of hydrogen-bond donors (Lipinski definition) is 1. The van der Waals surface area contributed by atoms with Crippen LogP contribution in [-0.2, 0) is 11.3 Å². The van der Waals surface area contributed by atoms with Gasteiger partial charge < -0.3 is 15.1 Å². The maximum Gasteiger partial charge on any atom is 0.263 e. The van der Waals surface area contributed by atoms with E-state index in [1.807, 2.05) is 29.2 Å². The van der Waals surface area contributed by atoms with Crippen LogP contribution in [0.4, 0.5) is 0 Å². The first-order chi connectivity index (χ1) is 10.6. The molecule has 1 fully saturated rings. The highest BCUT2D eigenvalue weighted by atomic mass is 35.5. The van der Waals surface area contributed by atoms with Gasteiger partial charge in [-0.05, 0) is 18.7 Å². The van der Waals surface area contributed by atoms with Crippen molar-refractivity contribution in [3.8, 4) is 6.07 Å². The fraction of sp³-hybridized carbons (Fsp3) is 0.375. The van der Waals surface area contributed by atoms with Gasteiger partial charge in [0.25, 0.3) is 5.91 Å². The molecule has 0 unspecified atom stereocenters. The molecule has 0 aliphatic carbocycles. The second kappa shape index (κ2) is 7.83. The summed E-state index contributed by atoms with van der Waals surface area (Å²) in [5.41, 5.74) is 0.950. The molecular weight excluding hydrogens is 300 g/mol. The summed E-state index contributed by atoms with van der Waals surface area (Å²) >= 11 is 6.05. The summed E-state index contributed by atoms with van der Waals surface area (Å²) in [4.78, 5) is 16.3. The zero-order valence-corrected chi connectivity index (χ0v) is 13.3. The van der Waals surface area contributed by atoms with E-state index in [0.29, 0.717) is 11.6 Å². The second-order valence-corrected chi connectivity index (χ2v) is 5.68. The lowest BCUT2D eigenvalue weighted by Crippen LogP contribution is -2.42. The van der Waals surface area contributed by atoms with Gasteiger partial charge in [-0.3, -0.25) is 4.79 Å². The van der Waals surface area contributed by atoms with E-state index in [4.69, 9.17) is 11.6 Å². The van der Waals surface area contributed by atoms with Gasteiger partial charge in [0.05, 0.1) is 0 Å². The Labute approximate surface area is 135 Å². The molecule has 5 nitrogen and oxygen atoms in total. The molecule has 1 aliphatic rings. The van der Waals surface area contributed by atoms with Crippen molar-refractivity contribution in [2.45, 2.75) is 6.54 Å². The first kappa shape index (κ1) is 16.3. The number of benzene rings is 1. The smallest absolute Gasteiger partial charge is 0.263 e. The number of nitrogens with zero attached hydrogens (tertiary/aromatic N) is 3. The number of amides is 1. The Morgan fingerprint density at radius 2 is 2.05 bits per heavy atom. The molecule has 0 saturated carbocycles. The Morgan fingerprint density at radius 3 is 2.68 bits per heavy atom. The molecule has 22 heavy (non-hydrogen) atoms. The SMILES string of the molecule is CN1CCN(/C=C(/C#N)C(=O)NCc2ccccc2Cl)CC1. The summed E-state index contributed by atoms with van der Waals surface area (Å²) in [6, 6.07) is 9.28. The third-order valence-electron chi connectivity index (χ3n) is 3.61. The molecule has 2 rings (SSSR count). The number of halogens is 1. The number of piperazine rings is 1. The summed E-state index contributed by atoms with van der Waals surface area (Å²) in [7, 11) is 2.06. The first-order valence-electron chi connectivity index (χ1n) is 7.16. The van der Waals surface area contributed by atoms with Crippen LogP contribution in [0, 0.1) is 11.3 Å². The van der Waals surface area contributed by atoms with Crippen LogP contribution in [0.25, 0.3) is 0 Å². The Morgan fingerprint density at radius 1 is 1.36 bits per heavy atom. The molecule has 1 aromatic rings. The van der Waals surface area contributed by atoms with E-state index in [1.54, 1.807) is 12.3 Å². The van der Waals surface area contributed by atoms with Crippen LogP contribution in [0.5, 0.6) is 0 Å². The normalized spacial score (nSPS) is 16.2. The summed E-state index contributed by atoms with van der Waals surface area (Å²) in [5, 5.41) is 12.5. The topological polar surface area (TPSA) is 59.4 Å². The highest BCUT2D eigenvalue weighted by Gasteiger charge is 2.15. The highest BCUT2D eigenvalue weighted by Crippen LogP contribution is 2.14. The highest BCUT2D eigenvalue weighted by molar-refractivity contribution is 6.31. The molecule has 0 atom stereocenters. The lowest BCUT2D eigenvalue weighted by molar-refractivity contribution is -0.117. The van der Waals surface area contributed by atoms with E-state index >= 15 is 0 Å². The van der Waals surface area contributed by atoms with Crippen LogP contribution < -0.4 is 5.32 Å². The van der Waals surface area contributed by atoms with Gasteiger partial charge in [-0.25, -0.2) is 0 Å². The van der Waals surface area contributed by atoms with Crippen molar-refractivity contribution in [3.05, 3.63) is 46.6 Å². The molecule has 1 saturated heterocycles. The number of carbonyl (C=O) groups excluding carboxylic acids is 1. The number of nitrogens with one attached hydrogen (secondary N) is 1. The number of rotatable bonds is 4. The predicted octanol–water partition coefficient (Wildman–Crippen LogP) is 1.61. The minimum absolute atomic E-state index is 0.122. The van der Waals surface area contributed by atoms with Crippen molar-refractivity contribution in [2.24, 2.45) is 0 Å². The van der Waals surface area contributed by atoms with Crippen LogP contribution in [0.15, 0.2) is 36.0 Å². The molecule has 1 heterocycles. The van der Waals surface area contributed by atoms with Gasteiger partial charge >= 0.3 is 0 Å². The van der Waals surface area contributed by atoms with Crippen LogP contribution >= 0.6 is 11.6 Å². The molecule has 1 aliphatic heterocycles. The van der Waals surface area contributed by atoms with E-state index in [1.165, 1.54) is 0 Å². The average molecular weight is 319 g/mol. The van der Waals surface area contributed by atoms with Crippen LogP contribution in [0.2, 0.25) is 5.02 Å². The van der Waals surface area contributed by atoms with Gasteiger partial charge in [0.2, 0.25) is 0 Å². The standard InChI is InChI=1S/C16H19ClN4O/c1-20-6-8-21(9-7-20)12-14(10-18)16(22)19-11-13-4-2-3-5-15(13)17/h2-5,12H,6-9,11H2,1H3,(H,19,22)/b14-12-. The summed E-state index contributed by atoms with van der Waals surface area (Å²) < 4.78 is 0. The molecule has 0 radical (unpaired) electrons. The van der Waals surface area contributed by atoms with Crippen molar-refractivity contribution >= 4 is 17.5 Å². The number of carbonyl (C=O) groups is 1. The summed E-state index contributed by atoms with van der Waals surface area (Å²) in [6.07, 6.45) is 1.65. The van der Waals surface area contributed by atoms with Crippen molar-refractivity contribution < 1.29 is 4.79 Å². The molecular formula is C16H19ClN4O. The lowest BCUT2D eigenvalue weighted by atomic mass is 10.2. The Hall–Kier alpha value is -2.03. The van der Waals surface area contributed by atoms with Gasteiger partial charge in [0.15, 0.2) is 0 Å². The molecule has 0 spiro atoms. The Kier molecular flexibility index (Phi) is 5.82. The van der Waals surface area contributed by atoms with Gasteiger partial charge in [0.1, 0.15) is 11.6 Å². The number of hydrogen-bond acceptors (Lipinski definition) is 4. The fourth-order valence-corrected chi connectivity index (χ4v) is 2.39. The quantitative estimate of drug-likeness (QED) is 0.677.